The second-order valence-corrected chi connectivity index (χ2v) is 10.8. The van der Waals surface area contributed by atoms with Gasteiger partial charge in [-0.3, -0.25) is 0 Å². The third-order valence-electron chi connectivity index (χ3n) is 3.08. The van der Waals surface area contributed by atoms with Gasteiger partial charge in [-0.2, -0.15) is 0 Å². The second kappa shape index (κ2) is 7.98. The number of methoxy groups -OCH3 is 1. The molecule has 0 amide bonds. The lowest BCUT2D eigenvalue weighted by atomic mass is 10.1. The number of ether oxygens (including phenoxy) is 1. The van der Waals surface area contributed by atoms with Gasteiger partial charge in [-0.25, -0.2) is 0 Å². The molecule has 22 heavy (non-hydrogen) atoms. The van der Waals surface area contributed by atoms with Gasteiger partial charge < -0.3 is 9.26 Å². The summed E-state index contributed by atoms with van der Waals surface area (Å²) < 4.78 is 11.1. The summed E-state index contributed by atoms with van der Waals surface area (Å²) >= 11 is 10.1. The minimum absolute atomic E-state index is 0.474. The topological polar surface area (TPSA) is 18.5 Å². The summed E-state index contributed by atoms with van der Waals surface area (Å²) in [7, 11) is 1.64. The molecule has 2 nitrogen and oxygen atoms in total. The van der Waals surface area contributed by atoms with Gasteiger partial charge in [-0.15, -0.1) is 12.2 Å². The van der Waals surface area contributed by atoms with Crippen LogP contribution in [0.2, 0.25) is 0 Å². The molecule has 2 aromatic carbocycles. The van der Waals surface area contributed by atoms with Crippen molar-refractivity contribution in [1.29, 1.82) is 0 Å². The number of hydrogen-bond donors (Lipinski definition) is 1. The van der Waals surface area contributed by atoms with E-state index in [1.165, 1.54) is 0 Å². The minimum atomic E-state index is -2.30. The summed E-state index contributed by atoms with van der Waals surface area (Å²) in [5.74, 6) is 0.798. The lowest BCUT2D eigenvalue weighted by Gasteiger charge is -2.17. The van der Waals surface area contributed by atoms with Crippen LogP contribution in [-0.2, 0) is 16.3 Å². The van der Waals surface area contributed by atoms with Gasteiger partial charge in [0.1, 0.15) is 11.2 Å². The molecular weight excluding hydrogens is 331 g/mol. The van der Waals surface area contributed by atoms with E-state index in [4.69, 9.17) is 21.1 Å². The first-order valence-electron chi connectivity index (χ1n) is 6.85. The summed E-state index contributed by atoms with van der Waals surface area (Å²) in [5, 5.41) is 0.930. The molecule has 5 heteroatoms. The predicted octanol–water partition coefficient (Wildman–Crippen LogP) is 4.68. The molecule has 0 aliphatic carbocycles. The van der Waals surface area contributed by atoms with Crippen LogP contribution < -0.4 is 10.0 Å². The van der Waals surface area contributed by atoms with Crippen molar-refractivity contribution >= 4 is 40.9 Å². The fraction of sp³-hybridized carbons (Fsp3) is 0.176. The molecule has 0 aromatic heterocycles. The van der Waals surface area contributed by atoms with Gasteiger partial charge in [0.05, 0.1) is 13.7 Å². The van der Waals surface area contributed by atoms with Gasteiger partial charge in [0.15, 0.2) is 0 Å². The van der Waals surface area contributed by atoms with Gasteiger partial charge in [0.25, 0.3) is 0 Å². The first kappa shape index (κ1) is 17.3. The van der Waals surface area contributed by atoms with Crippen LogP contribution in [-0.4, -0.2) is 13.7 Å². The van der Waals surface area contributed by atoms with Gasteiger partial charge in [0.2, 0.25) is 0 Å². The lowest BCUT2D eigenvalue weighted by molar-refractivity contribution is 0.404. The number of benzene rings is 2. The van der Waals surface area contributed by atoms with E-state index < -0.39 is 5.47 Å². The van der Waals surface area contributed by atoms with Crippen LogP contribution in [0.3, 0.4) is 0 Å². The van der Waals surface area contributed by atoms with Gasteiger partial charge in [0, 0.05) is 5.30 Å². The van der Waals surface area contributed by atoms with Crippen LogP contribution in [0, 0.1) is 0 Å². The Morgan fingerprint density at radius 1 is 1.14 bits per heavy atom. The lowest BCUT2D eigenvalue weighted by Crippen LogP contribution is -2.04. The highest BCUT2D eigenvalue weighted by Crippen LogP contribution is 2.51. The maximum Gasteiger partial charge on any atom is 0.146 e. The standard InChI is InChI=1S/C17H19O2PS2/c1-14(12-15-6-4-3-5-7-15)13-19-20(21,22)17-10-8-16(18-2)9-11-17/h3-12H,13H2,1-2H3,(H,21,22)/b14-12+. The molecule has 0 N–H and O–H groups in total. The summed E-state index contributed by atoms with van der Waals surface area (Å²) in [4.78, 5) is 0. The summed E-state index contributed by atoms with van der Waals surface area (Å²) in [6.45, 7) is 2.51. The van der Waals surface area contributed by atoms with E-state index in [0.717, 1.165) is 22.2 Å². The summed E-state index contributed by atoms with van der Waals surface area (Å²) in [6.07, 6.45) is 2.09. The molecule has 0 saturated heterocycles. The minimum Gasteiger partial charge on any atom is -0.497 e. The average molecular weight is 350 g/mol. The summed E-state index contributed by atoms with van der Waals surface area (Å²) in [6, 6.07) is 17.7. The highest BCUT2D eigenvalue weighted by Gasteiger charge is 2.15. The van der Waals surface area contributed by atoms with Crippen LogP contribution in [0.5, 0.6) is 5.75 Å². The Kier molecular flexibility index (Phi) is 6.27. The Morgan fingerprint density at radius 2 is 1.77 bits per heavy atom. The zero-order valence-electron chi connectivity index (χ0n) is 12.6. The number of hydrogen-bond acceptors (Lipinski definition) is 3. The molecular formula is C17H19O2PS2. The number of rotatable bonds is 6. The smallest absolute Gasteiger partial charge is 0.146 e. The van der Waals surface area contributed by atoms with E-state index in [0.29, 0.717) is 6.61 Å². The largest absolute Gasteiger partial charge is 0.497 e. The Balaban J connectivity index is 2.02. The Hall–Kier alpha value is -1.06. The van der Waals surface area contributed by atoms with E-state index >= 15 is 0 Å². The third-order valence-corrected chi connectivity index (χ3v) is 6.50. The summed E-state index contributed by atoms with van der Waals surface area (Å²) in [5.41, 5.74) is -0.0353. The maximum atomic E-state index is 5.90. The molecule has 1 unspecified atom stereocenters. The molecule has 116 valence electrons. The highest BCUT2D eigenvalue weighted by molar-refractivity contribution is 8.64. The Bertz CT molecular complexity index is 682. The Morgan fingerprint density at radius 3 is 2.36 bits per heavy atom. The van der Waals surface area contributed by atoms with Crippen molar-refractivity contribution < 1.29 is 9.26 Å². The van der Waals surface area contributed by atoms with Crippen LogP contribution in [0.4, 0.5) is 0 Å². The van der Waals surface area contributed by atoms with Gasteiger partial charge in [-0.1, -0.05) is 48.2 Å². The molecule has 0 spiro atoms. The van der Waals surface area contributed by atoms with E-state index in [-0.39, 0.29) is 0 Å². The molecule has 2 rings (SSSR count). The average Bonchev–Trinajstić information content (AvgIpc) is 2.54. The van der Waals surface area contributed by atoms with Crippen molar-refractivity contribution in [1.82, 2.24) is 0 Å². The number of thiol groups is 1. The van der Waals surface area contributed by atoms with E-state index in [9.17, 15) is 0 Å². The predicted molar refractivity (Wildman–Crippen MR) is 102 cm³/mol. The van der Waals surface area contributed by atoms with Crippen LogP contribution >= 0.6 is 17.7 Å². The van der Waals surface area contributed by atoms with Crippen molar-refractivity contribution in [2.75, 3.05) is 13.7 Å². The molecule has 0 heterocycles. The SMILES string of the molecule is COc1ccc(P(=S)(S)OC/C(C)=C/c2ccccc2)cc1. The van der Waals surface area contributed by atoms with Crippen molar-refractivity contribution in [2.24, 2.45) is 0 Å². The van der Waals surface area contributed by atoms with Crippen LogP contribution in [0.25, 0.3) is 6.08 Å². The van der Waals surface area contributed by atoms with Crippen LogP contribution in [0.1, 0.15) is 12.5 Å². The fourth-order valence-electron chi connectivity index (χ4n) is 1.91. The second-order valence-electron chi connectivity index (χ2n) is 4.89. The Labute approximate surface area is 142 Å². The van der Waals surface area contributed by atoms with E-state index in [1.807, 2.05) is 49.4 Å². The monoisotopic (exact) mass is 350 g/mol. The molecule has 0 aliphatic rings. The molecule has 0 bridgehead atoms. The van der Waals surface area contributed by atoms with Crippen molar-refractivity contribution in [2.45, 2.75) is 6.92 Å². The first-order chi connectivity index (χ1) is 10.5. The fourth-order valence-corrected chi connectivity index (χ4v) is 4.06. The zero-order valence-corrected chi connectivity index (χ0v) is 15.2. The molecule has 0 fully saturated rings. The molecule has 1 atom stereocenters. The first-order valence-corrected chi connectivity index (χ1v) is 10.7. The van der Waals surface area contributed by atoms with Crippen LogP contribution in [0.15, 0.2) is 60.2 Å². The zero-order chi connectivity index (χ0) is 16.0. The molecule has 0 aliphatic heterocycles. The van der Waals surface area contributed by atoms with Gasteiger partial charge in [-0.05, 0) is 42.3 Å². The van der Waals surface area contributed by atoms with Crippen molar-refractivity contribution in [3.63, 3.8) is 0 Å². The highest BCUT2D eigenvalue weighted by atomic mass is 32.9. The third kappa shape index (κ3) is 4.99. The van der Waals surface area contributed by atoms with Crippen molar-refractivity contribution in [3.05, 3.63) is 65.7 Å². The maximum absolute atomic E-state index is 5.90. The van der Waals surface area contributed by atoms with E-state index in [2.05, 4.69) is 30.5 Å². The quantitative estimate of drug-likeness (QED) is 0.603. The van der Waals surface area contributed by atoms with Gasteiger partial charge >= 0.3 is 0 Å². The molecule has 0 saturated carbocycles. The normalized spacial score (nSPS) is 14.4. The van der Waals surface area contributed by atoms with E-state index in [1.54, 1.807) is 7.11 Å². The molecule has 0 radical (unpaired) electrons. The van der Waals surface area contributed by atoms with Crippen molar-refractivity contribution in [3.8, 4) is 5.75 Å². The molecule has 2 aromatic rings.